The quantitative estimate of drug-likeness (QED) is 0.0473. The molecule has 1 fully saturated rings. The van der Waals surface area contributed by atoms with Crippen molar-refractivity contribution >= 4 is 34.3 Å². The number of pyridine rings is 1. The Bertz CT molecular complexity index is 2520. The highest BCUT2D eigenvalue weighted by molar-refractivity contribution is 5.93. The number of phenols is 1. The van der Waals surface area contributed by atoms with Gasteiger partial charge in [0.15, 0.2) is 0 Å². The highest BCUT2D eigenvalue weighted by Gasteiger charge is 2.24. The fraction of sp³-hybridized carbons (Fsp3) is 0.300. The number of ether oxygens (including phenoxy) is 1. The minimum absolute atomic E-state index is 0.0326. The van der Waals surface area contributed by atoms with Gasteiger partial charge < -0.3 is 40.2 Å². The lowest BCUT2D eigenvalue weighted by atomic mass is 10.0. The summed E-state index contributed by atoms with van der Waals surface area (Å²) < 4.78 is 5.79. The first kappa shape index (κ1) is 44.7. The van der Waals surface area contributed by atoms with Crippen molar-refractivity contribution in [2.24, 2.45) is 0 Å². The number of aromatic amines is 1. The number of nitrogens with one attached hydrogen (secondary N) is 4. The first-order valence-corrected chi connectivity index (χ1v) is 21.5. The van der Waals surface area contributed by atoms with Gasteiger partial charge in [0.2, 0.25) is 11.5 Å². The second kappa shape index (κ2) is 21.1. The number of aliphatic hydroxyl groups is 2. The summed E-state index contributed by atoms with van der Waals surface area (Å²) in [7, 11) is 1.75. The number of fused-ring (bicyclic) bond motifs is 1. The van der Waals surface area contributed by atoms with E-state index in [0.717, 1.165) is 41.8 Å². The monoisotopic (exact) mass is 852 g/mol. The summed E-state index contributed by atoms with van der Waals surface area (Å²) in [5.74, 6) is -0.0793. The molecule has 2 amide bonds. The van der Waals surface area contributed by atoms with Crippen LogP contribution >= 0.6 is 0 Å². The van der Waals surface area contributed by atoms with Gasteiger partial charge >= 0.3 is 6.09 Å². The van der Waals surface area contributed by atoms with Crippen LogP contribution in [0.5, 0.6) is 5.75 Å². The molecule has 0 spiro atoms. The van der Waals surface area contributed by atoms with Crippen LogP contribution in [-0.4, -0.2) is 82.6 Å². The highest BCUT2D eigenvalue weighted by atomic mass is 16.6. The number of aliphatic hydroxyl groups excluding tert-OH is 2. The molecule has 0 bridgehead atoms. The maximum absolute atomic E-state index is 13.3. The molecule has 0 aliphatic carbocycles. The number of anilines is 2. The number of phenolic OH excluding ortho intramolecular Hbond substituents is 1. The molecule has 328 valence electrons. The van der Waals surface area contributed by atoms with Gasteiger partial charge in [-0.15, -0.1) is 0 Å². The third kappa shape index (κ3) is 12.0. The third-order valence-electron chi connectivity index (χ3n) is 11.6. The molecule has 13 nitrogen and oxygen atoms in total. The van der Waals surface area contributed by atoms with E-state index in [4.69, 9.17) is 4.74 Å². The second-order valence-electron chi connectivity index (χ2n) is 16.2. The Kier molecular flexibility index (Phi) is 15.0. The number of carbonyl (C=O) groups excluding carboxylic acids is 2. The Labute approximate surface area is 367 Å². The smallest absolute Gasteiger partial charge is 0.411 e. The van der Waals surface area contributed by atoms with Crippen molar-refractivity contribution in [1.82, 2.24) is 20.5 Å². The first-order chi connectivity index (χ1) is 30.5. The Morgan fingerprint density at radius 1 is 0.857 bits per heavy atom. The Morgan fingerprint density at radius 2 is 1.59 bits per heavy atom. The van der Waals surface area contributed by atoms with E-state index in [1.54, 1.807) is 24.1 Å². The van der Waals surface area contributed by atoms with Gasteiger partial charge in [0.25, 0.3) is 0 Å². The van der Waals surface area contributed by atoms with Gasteiger partial charge in [-0.1, -0.05) is 91.0 Å². The number of carbonyl (C=O) groups is 2. The van der Waals surface area contributed by atoms with E-state index in [9.17, 15) is 29.7 Å². The molecule has 63 heavy (non-hydrogen) atoms. The summed E-state index contributed by atoms with van der Waals surface area (Å²) in [6.07, 6.45) is -0.0301. The van der Waals surface area contributed by atoms with E-state index >= 15 is 0 Å². The molecule has 1 saturated heterocycles. The maximum Gasteiger partial charge on any atom is 0.411 e. The minimum Gasteiger partial charge on any atom is -0.506 e. The number of para-hydroxylation sites is 1. The van der Waals surface area contributed by atoms with Crippen molar-refractivity contribution in [1.29, 1.82) is 0 Å². The van der Waals surface area contributed by atoms with Crippen LogP contribution in [0.1, 0.15) is 60.8 Å². The van der Waals surface area contributed by atoms with E-state index in [2.05, 4.69) is 25.8 Å². The van der Waals surface area contributed by atoms with Crippen LogP contribution in [-0.2, 0) is 22.5 Å². The predicted molar refractivity (Wildman–Crippen MR) is 247 cm³/mol. The van der Waals surface area contributed by atoms with E-state index in [1.165, 1.54) is 12.1 Å². The van der Waals surface area contributed by atoms with Crippen LogP contribution in [0, 0.1) is 0 Å². The fourth-order valence-corrected chi connectivity index (χ4v) is 8.00. The van der Waals surface area contributed by atoms with Gasteiger partial charge in [-0.05, 0) is 84.3 Å². The number of hydrogen-bond acceptors (Lipinski definition) is 10. The van der Waals surface area contributed by atoms with Crippen molar-refractivity contribution in [3.05, 3.63) is 160 Å². The Morgan fingerprint density at radius 3 is 2.37 bits per heavy atom. The molecule has 3 atom stereocenters. The van der Waals surface area contributed by atoms with E-state index in [1.807, 2.05) is 110 Å². The molecule has 0 radical (unpaired) electrons. The SMILES string of the molecule is C[C@H](Cc1ccc(CNC(O)c2cccc(N(C)C(=O)CCN3CCC(OC(=O)Nc4ccccc4-c4ccccc4)CC3)c2)cc1)NC[C@H](O)c1ccc(O)c2[nH]c(=O)ccc12. The average molecular weight is 853 g/mol. The largest absolute Gasteiger partial charge is 0.506 e. The molecule has 6 aromatic rings. The van der Waals surface area contributed by atoms with Crippen molar-refractivity contribution in [2.75, 3.05) is 43.4 Å². The predicted octanol–water partition coefficient (Wildman–Crippen LogP) is 7.00. The second-order valence-corrected chi connectivity index (χ2v) is 16.2. The summed E-state index contributed by atoms with van der Waals surface area (Å²) in [6.45, 7) is 4.80. The van der Waals surface area contributed by atoms with E-state index in [0.29, 0.717) is 65.8 Å². The lowest BCUT2D eigenvalue weighted by molar-refractivity contribution is -0.118. The minimum atomic E-state index is -0.945. The van der Waals surface area contributed by atoms with Crippen LogP contribution in [0.15, 0.2) is 132 Å². The number of rotatable bonds is 17. The molecule has 1 aliphatic rings. The zero-order valence-corrected chi connectivity index (χ0v) is 35.7. The van der Waals surface area contributed by atoms with Crippen molar-refractivity contribution in [2.45, 2.75) is 63.6 Å². The maximum atomic E-state index is 13.3. The van der Waals surface area contributed by atoms with Crippen LogP contribution in [0.4, 0.5) is 16.2 Å². The third-order valence-corrected chi connectivity index (χ3v) is 11.6. The van der Waals surface area contributed by atoms with Crippen LogP contribution < -0.4 is 26.4 Å². The molecule has 7 N–H and O–H groups in total. The number of benzene rings is 5. The molecule has 5 aromatic carbocycles. The lowest BCUT2D eigenvalue weighted by Gasteiger charge is -2.31. The summed E-state index contributed by atoms with van der Waals surface area (Å²) in [4.78, 5) is 44.4. The number of H-pyrrole nitrogens is 1. The van der Waals surface area contributed by atoms with Crippen molar-refractivity contribution in [3.63, 3.8) is 0 Å². The molecule has 1 aliphatic heterocycles. The molecule has 1 unspecified atom stereocenters. The number of amides is 2. The van der Waals surface area contributed by atoms with E-state index < -0.39 is 18.4 Å². The summed E-state index contributed by atoms with van der Waals surface area (Å²) in [5, 5.41) is 42.2. The standard InChI is InChI=1S/C50H56N6O7/c1-33(51-32-45(58)41-19-21-44(57)48-42(41)20-22-46(59)54-48)29-34-15-17-35(18-16-34)31-52-49(61)37-11-8-12-38(30-37)55(2)47(60)25-28-56-26-23-39(24-27-56)63-50(62)53-43-14-7-6-13-40(43)36-9-4-3-5-10-36/h3-22,30,33,39,45,49,51-52,57-58,61H,23-29,31-32H2,1-2H3,(H,53,62)(H,54,59)/t33-,45+,49?/m1/s1. The molecule has 13 heteroatoms. The number of nitrogens with zero attached hydrogens (tertiary/aromatic N) is 2. The zero-order chi connectivity index (χ0) is 44.3. The number of hydrogen-bond donors (Lipinski definition) is 7. The number of likely N-dealkylation sites (tertiary alicyclic amines) is 1. The normalized spacial score (nSPS) is 14.8. The number of aromatic hydroxyl groups is 1. The molecule has 1 aromatic heterocycles. The van der Waals surface area contributed by atoms with Crippen LogP contribution in [0.25, 0.3) is 22.0 Å². The Balaban J connectivity index is 0.809. The van der Waals surface area contributed by atoms with Gasteiger partial charge in [0.05, 0.1) is 17.3 Å². The van der Waals surface area contributed by atoms with Gasteiger partial charge in [0.1, 0.15) is 18.1 Å². The fourth-order valence-electron chi connectivity index (χ4n) is 8.00. The molecular weight excluding hydrogens is 797 g/mol. The first-order valence-electron chi connectivity index (χ1n) is 21.5. The van der Waals surface area contributed by atoms with Gasteiger partial charge in [0, 0.05) is 74.9 Å². The molecule has 7 rings (SSSR count). The number of piperidine rings is 1. The average Bonchev–Trinajstić information content (AvgIpc) is 3.30. The zero-order valence-electron chi connectivity index (χ0n) is 35.7. The van der Waals surface area contributed by atoms with Crippen LogP contribution in [0.2, 0.25) is 0 Å². The van der Waals surface area contributed by atoms with Gasteiger partial charge in [-0.3, -0.25) is 20.2 Å². The van der Waals surface area contributed by atoms with Crippen LogP contribution in [0.3, 0.4) is 0 Å². The number of aromatic nitrogens is 1. The summed E-state index contributed by atoms with van der Waals surface area (Å²) in [5.41, 5.74) is 6.68. The molecular formula is C50H56N6O7. The molecule has 0 saturated carbocycles. The van der Waals surface area contributed by atoms with E-state index in [-0.39, 0.29) is 35.9 Å². The van der Waals surface area contributed by atoms with Crippen molar-refractivity contribution in [3.8, 4) is 16.9 Å². The summed E-state index contributed by atoms with van der Waals surface area (Å²) in [6, 6.07) is 39.2. The van der Waals surface area contributed by atoms with Gasteiger partial charge in [-0.2, -0.15) is 0 Å². The molecule has 2 heterocycles. The van der Waals surface area contributed by atoms with Gasteiger partial charge in [-0.25, -0.2) is 4.79 Å². The Hall–Kier alpha value is -6.35. The summed E-state index contributed by atoms with van der Waals surface area (Å²) >= 11 is 0. The topological polar surface area (TPSA) is 179 Å². The highest BCUT2D eigenvalue weighted by Crippen LogP contribution is 2.30. The van der Waals surface area contributed by atoms with Crippen molar-refractivity contribution < 1.29 is 29.6 Å². The lowest BCUT2D eigenvalue weighted by Crippen LogP contribution is -2.40.